The first kappa shape index (κ1) is 26.2. The summed E-state index contributed by atoms with van der Waals surface area (Å²) in [6, 6.07) is 16.9. The SMILES string of the molecule is CCCCOc1ccc(C(=O)Oc2ccc(/C=N/NC(=O)COc3ccc(F)cc3)cc2OC)cc1. The number of esters is 1. The van der Waals surface area contributed by atoms with E-state index < -0.39 is 17.7 Å². The van der Waals surface area contributed by atoms with Crippen LogP contribution in [0, 0.1) is 5.82 Å². The first-order chi connectivity index (χ1) is 17.5. The molecule has 9 heteroatoms. The van der Waals surface area contributed by atoms with Gasteiger partial charge in [0.1, 0.15) is 17.3 Å². The normalized spacial score (nSPS) is 10.6. The van der Waals surface area contributed by atoms with E-state index in [1.54, 1.807) is 42.5 Å². The van der Waals surface area contributed by atoms with Crippen molar-refractivity contribution in [1.82, 2.24) is 5.43 Å². The first-order valence-electron chi connectivity index (χ1n) is 11.3. The molecule has 36 heavy (non-hydrogen) atoms. The molecule has 0 saturated carbocycles. The molecular formula is C27H27FN2O6. The second kappa shape index (κ2) is 13.5. The average molecular weight is 495 g/mol. The smallest absolute Gasteiger partial charge is 0.343 e. The molecule has 0 spiro atoms. The monoisotopic (exact) mass is 494 g/mol. The van der Waals surface area contributed by atoms with E-state index in [-0.39, 0.29) is 12.4 Å². The third-order valence-corrected chi connectivity index (χ3v) is 4.83. The minimum absolute atomic E-state index is 0.236. The lowest BCUT2D eigenvalue weighted by atomic mass is 10.2. The van der Waals surface area contributed by atoms with Gasteiger partial charge in [-0.15, -0.1) is 0 Å². The lowest BCUT2D eigenvalue weighted by Gasteiger charge is -2.10. The number of unbranched alkanes of at least 4 members (excludes halogenated alkanes) is 1. The van der Waals surface area contributed by atoms with Crippen LogP contribution in [0.5, 0.6) is 23.0 Å². The Balaban J connectivity index is 1.52. The van der Waals surface area contributed by atoms with Gasteiger partial charge in [-0.3, -0.25) is 4.79 Å². The first-order valence-corrected chi connectivity index (χ1v) is 11.3. The number of hydrogen-bond donors (Lipinski definition) is 1. The molecule has 1 amide bonds. The average Bonchev–Trinajstić information content (AvgIpc) is 2.89. The molecule has 0 radical (unpaired) electrons. The number of nitrogens with one attached hydrogen (secondary N) is 1. The second-order valence-corrected chi connectivity index (χ2v) is 7.56. The molecular weight excluding hydrogens is 467 g/mol. The Morgan fingerprint density at radius 1 is 0.944 bits per heavy atom. The highest BCUT2D eigenvalue weighted by atomic mass is 19.1. The van der Waals surface area contributed by atoms with E-state index in [1.807, 2.05) is 0 Å². The van der Waals surface area contributed by atoms with Gasteiger partial charge in [-0.05, 0) is 78.7 Å². The van der Waals surface area contributed by atoms with E-state index in [2.05, 4.69) is 17.5 Å². The standard InChI is InChI=1S/C27H27FN2O6/c1-3-4-15-34-22-10-6-20(7-11-22)27(32)36-24-14-5-19(16-25(24)33-2)17-29-30-26(31)18-35-23-12-8-21(28)9-13-23/h5-14,16-17H,3-4,15,18H2,1-2H3,(H,30,31)/b29-17+. The lowest BCUT2D eigenvalue weighted by Crippen LogP contribution is -2.24. The molecule has 0 bridgehead atoms. The molecule has 8 nitrogen and oxygen atoms in total. The van der Waals surface area contributed by atoms with Crippen molar-refractivity contribution in [3.8, 4) is 23.0 Å². The van der Waals surface area contributed by atoms with Crippen molar-refractivity contribution >= 4 is 18.1 Å². The van der Waals surface area contributed by atoms with Crippen LogP contribution >= 0.6 is 0 Å². The number of ether oxygens (including phenoxy) is 4. The molecule has 1 N–H and O–H groups in total. The molecule has 188 valence electrons. The van der Waals surface area contributed by atoms with Crippen LogP contribution in [-0.2, 0) is 4.79 Å². The van der Waals surface area contributed by atoms with Crippen LogP contribution in [0.4, 0.5) is 4.39 Å². The molecule has 0 saturated heterocycles. The number of methoxy groups -OCH3 is 1. The van der Waals surface area contributed by atoms with E-state index in [1.165, 1.54) is 37.6 Å². The van der Waals surface area contributed by atoms with Crippen molar-refractivity contribution < 1.29 is 32.9 Å². The van der Waals surface area contributed by atoms with Gasteiger partial charge in [0.05, 0.1) is 25.5 Å². The summed E-state index contributed by atoms with van der Waals surface area (Å²) in [4.78, 5) is 24.4. The van der Waals surface area contributed by atoms with E-state index >= 15 is 0 Å². The summed E-state index contributed by atoms with van der Waals surface area (Å²) in [5, 5.41) is 3.88. The van der Waals surface area contributed by atoms with Crippen LogP contribution in [0.2, 0.25) is 0 Å². The van der Waals surface area contributed by atoms with Crippen molar-refractivity contribution in [2.24, 2.45) is 5.10 Å². The Morgan fingerprint density at radius 3 is 2.33 bits per heavy atom. The van der Waals surface area contributed by atoms with Crippen molar-refractivity contribution in [2.75, 3.05) is 20.3 Å². The molecule has 3 aromatic rings. The van der Waals surface area contributed by atoms with Crippen molar-refractivity contribution in [1.29, 1.82) is 0 Å². The number of carbonyl (C=O) groups excluding carboxylic acids is 2. The molecule has 0 aliphatic carbocycles. The lowest BCUT2D eigenvalue weighted by molar-refractivity contribution is -0.123. The molecule has 0 fully saturated rings. The van der Waals surface area contributed by atoms with Gasteiger partial charge in [0.25, 0.3) is 5.91 Å². The zero-order chi connectivity index (χ0) is 25.8. The summed E-state index contributed by atoms with van der Waals surface area (Å²) in [5.41, 5.74) is 3.30. The van der Waals surface area contributed by atoms with Gasteiger partial charge >= 0.3 is 5.97 Å². The number of hydrazone groups is 1. The van der Waals surface area contributed by atoms with Crippen molar-refractivity contribution in [3.63, 3.8) is 0 Å². The number of benzene rings is 3. The molecule has 0 aliphatic rings. The van der Waals surface area contributed by atoms with Crippen LogP contribution in [-0.4, -0.2) is 38.4 Å². The molecule has 0 unspecified atom stereocenters. The number of carbonyl (C=O) groups is 2. The van der Waals surface area contributed by atoms with Crippen molar-refractivity contribution in [3.05, 3.63) is 83.7 Å². The van der Waals surface area contributed by atoms with Crippen LogP contribution in [0.3, 0.4) is 0 Å². The Bertz CT molecular complexity index is 1180. The summed E-state index contributed by atoms with van der Waals surface area (Å²) >= 11 is 0. The maximum atomic E-state index is 12.9. The molecule has 3 aromatic carbocycles. The highest BCUT2D eigenvalue weighted by Gasteiger charge is 2.13. The Morgan fingerprint density at radius 2 is 1.64 bits per heavy atom. The molecule has 0 aromatic heterocycles. The molecule has 0 heterocycles. The second-order valence-electron chi connectivity index (χ2n) is 7.56. The van der Waals surface area contributed by atoms with Crippen molar-refractivity contribution in [2.45, 2.75) is 19.8 Å². The fourth-order valence-corrected chi connectivity index (χ4v) is 2.92. The number of hydrogen-bond acceptors (Lipinski definition) is 7. The fourth-order valence-electron chi connectivity index (χ4n) is 2.92. The van der Waals surface area contributed by atoms with Crippen LogP contribution in [0.25, 0.3) is 0 Å². The molecule has 0 atom stereocenters. The zero-order valence-electron chi connectivity index (χ0n) is 20.0. The van der Waals surface area contributed by atoms with Gasteiger partial charge in [-0.1, -0.05) is 13.3 Å². The van der Waals surface area contributed by atoms with E-state index in [0.717, 1.165) is 12.8 Å². The largest absolute Gasteiger partial charge is 0.494 e. The maximum absolute atomic E-state index is 12.9. The highest BCUT2D eigenvalue weighted by Crippen LogP contribution is 2.28. The van der Waals surface area contributed by atoms with Gasteiger partial charge in [0.15, 0.2) is 18.1 Å². The van der Waals surface area contributed by atoms with E-state index in [4.69, 9.17) is 18.9 Å². The van der Waals surface area contributed by atoms with E-state index in [0.29, 0.717) is 35.0 Å². The quantitative estimate of drug-likeness (QED) is 0.128. The zero-order valence-corrected chi connectivity index (χ0v) is 20.0. The van der Waals surface area contributed by atoms with Gasteiger partial charge < -0.3 is 18.9 Å². The highest BCUT2D eigenvalue weighted by molar-refractivity contribution is 5.92. The minimum atomic E-state index is -0.539. The maximum Gasteiger partial charge on any atom is 0.343 e. The molecule has 3 rings (SSSR count). The van der Waals surface area contributed by atoms with Gasteiger partial charge in [-0.2, -0.15) is 5.10 Å². The Hall–Kier alpha value is -4.40. The number of amides is 1. The third-order valence-electron chi connectivity index (χ3n) is 4.83. The number of halogens is 1. The van der Waals surface area contributed by atoms with Gasteiger partial charge in [-0.25, -0.2) is 14.6 Å². The Labute approximate surface area is 208 Å². The predicted molar refractivity (Wildman–Crippen MR) is 132 cm³/mol. The summed E-state index contributed by atoms with van der Waals surface area (Å²) in [6.07, 6.45) is 3.41. The van der Waals surface area contributed by atoms with E-state index in [9.17, 15) is 14.0 Å². The number of rotatable bonds is 12. The van der Waals surface area contributed by atoms with Gasteiger partial charge in [0, 0.05) is 0 Å². The Kier molecular flexibility index (Phi) is 9.81. The summed E-state index contributed by atoms with van der Waals surface area (Å²) < 4.78 is 34.6. The minimum Gasteiger partial charge on any atom is -0.494 e. The topological polar surface area (TPSA) is 95.5 Å². The predicted octanol–water partition coefficient (Wildman–Crippen LogP) is 4.76. The number of nitrogens with zero attached hydrogens (tertiary/aromatic N) is 1. The van der Waals surface area contributed by atoms with Gasteiger partial charge in [0.2, 0.25) is 0 Å². The summed E-state index contributed by atoms with van der Waals surface area (Å²) in [7, 11) is 1.45. The van der Waals surface area contributed by atoms with Crippen LogP contribution < -0.4 is 24.4 Å². The molecule has 0 aliphatic heterocycles. The van der Waals surface area contributed by atoms with Crippen LogP contribution in [0.1, 0.15) is 35.7 Å². The summed E-state index contributed by atoms with van der Waals surface area (Å²) in [5.74, 6) is 0.182. The van der Waals surface area contributed by atoms with Crippen LogP contribution in [0.15, 0.2) is 71.8 Å². The fraction of sp³-hybridized carbons (Fsp3) is 0.222. The third kappa shape index (κ3) is 8.12. The summed E-state index contributed by atoms with van der Waals surface area (Å²) in [6.45, 7) is 2.43.